The van der Waals surface area contributed by atoms with E-state index in [4.69, 9.17) is 33.7 Å². The smallest absolute Gasteiger partial charge is 0.226 e. The summed E-state index contributed by atoms with van der Waals surface area (Å²) in [6.45, 7) is 4.92. The lowest BCUT2D eigenvalue weighted by molar-refractivity contribution is 0.250. The number of nitrogens with one attached hydrogen (secondary N) is 1. The molecule has 0 aliphatic carbocycles. The van der Waals surface area contributed by atoms with Crippen LogP contribution in [0.5, 0.6) is 17.2 Å². The van der Waals surface area contributed by atoms with Crippen LogP contribution in [0.1, 0.15) is 11.1 Å². The molecule has 0 saturated carbocycles. The van der Waals surface area contributed by atoms with Crippen LogP contribution in [0.2, 0.25) is 0 Å². The average Bonchev–Trinajstić information content (AvgIpc) is 3.72. The number of nitrogens with zero attached hydrogens (tertiary/aromatic N) is 6. The highest BCUT2D eigenvalue weighted by molar-refractivity contribution is 5.58. The van der Waals surface area contributed by atoms with Gasteiger partial charge in [-0.15, -0.1) is 5.10 Å². The molecule has 11 nitrogen and oxygen atoms in total. The van der Waals surface area contributed by atoms with Gasteiger partial charge in [0.25, 0.3) is 0 Å². The van der Waals surface area contributed by atoms with Gasteiger partial charge in [0.2, 0.25) is 11.8 Å². The predicted molar refractivity (Wildman–Crippen MR) is 156 cm³/mol. The van der Waals surface area contributed by atoms with Crippen molar-refractivity contribution in [3.05, 3.63) is 78.2 Å². The van der Waals surface area contributed by atoms with E-state index >= 15 is 0 Å². The van der Waals surface area contributed by atoms with Gasteiger partial charge >= 0.3 is 0 Å². The molecule has 11 heteroatoms. The second kappa shape index (κ2) is 11.8. The summed E-state index contributed by atoms with van der Waals surface area (Å²) in [5, 5.41) is 8.16. The molecule has 4 heterocycles. The van der Waals surface area contributed by atoms with Gasteiger partial charge in [-0.25, -0.2) is 9.97 Å². The molecule has 0 radical (unpaired) electrons. The van der Waals surface area contributed by atoms with Gasteiger partial charge < -0.3 is 28.8 Å². The number of benzene rings is 2. The summed E-state index contributed by atoms with van der Waals surface area (Å²) in [7, 11) is 4.95. The fourth-order valence-corrected chi connectivity index (χ4v) is 5.05. The fourth-order valence-electron chi connectivity index (χ4n) is 5.05. The Kier molecular flexibility index (Phi) is 7.59. The summed E-state index contributed by atoms with van der Waals surface area (Å²) in [5.74, 6) is 3.94. The summed E-state index contributed by atoms with van der Waals surface area (Å²) >= 11 is 0. The third-order valence-corrected chi connectivity index (χ3v) is 7.26. The minimum Gasteiger partial charge on any atom is -0.497 e. The SMILES string of the molecule is COc1cccc(N2CCN(Cc3cnc(NCc4ccc(OC)c(OC)c4)n4nc(-c5ccco5)nc34)CC2)c1. The summed E-state index contributed by atoms with van der Waals surface area (Å²) in [6, 6.07) is 17.7. The van der Waals surface area contributed by atoms with Crippen molar-refractivity contribution in [2.24, 2.45) is 0 Å². The standard InChI is InChI=1S/C30H33N7O4/c1-38-24-7-4-6-23(17-24)36-13-11-35(12-14-36)20-22-19-32-30(31-18-21-9-10-25(39-2)27(16-21)40-3)37-29(22)33-28(34-37)26-8-5-15-41-26/h4-10,15-17,19H,11-14,18,20H2,1-3H3,(H,31,32). The largest absolute Gasteiger partial charge is 0.497 e. The maximum atomic E-state index is 5.60. The Labute approximate surface area is 238 Å². The molecular formula is C30H33N7O4. The van der Waals surface area contributed by atoms with Crippen molar-refractivity contribution in [1.82, 2.24) is 24.5 Å². The minimum absolute atomic E-state index is 0.515. The van der Waals surface area contributed by atoms with Gasteiger partial charge in [0, 0.05) is 62.8 Å². The molecule has 41 heavy (non-hydrogen) atoms. The Bertz CT molecular complexity index is 1610. The molecule has 0 amide bonds. The maximum absolute atomic E-state index is 5.60. The second-order valence-electron chi connectivity index (χ2n) is 9.76. The van der Waals surface area contributed by atoms with E-state index in [1.165, 1.54) is 5.69 Å². The molecule has 2 aromatic carbocycles. The summed E-state index contributed by atoms with van der Waals surface area (Å²) in [6.07, 6.45) is 3.51. The van der Waals surface area contributed by atoms with E-state index in [1.807, 2.05) is 48.7 Å². The summed E-state index contributed by atoms with van der Waals surface area (Å²) in [5.41, 5.74) is 3.94. The number of fused-ring (bicyclic) bond motifs is 1. The number of hydrogen-bond donors (Lipinski definition) is 1. The first-order valence-corrected chi connectivity index (χ1v) is 13.5. The molecule has 0 unspecified atom stereocenters. The van der Waals surface area contributed by atoms with E-state index in [-0.39, 0.29) is 0 Å². The first kappa shape index (κ1) is 26.5. The molecule has 0 atom stereocenters. The molecule has 1 aliphatic heterocycles. The Morgan fingerprint density at radius 2 is 1.76 bits per heavy atom. The monoisotopic (exact) mass is 555 g/mol. The van der Waals surface area contributed by atoms with Crippen molar-refractivity contribution in [2.45, 2.75) is 13.1 Å². The van der Waals surface area contributed by atoms with Crippen LogP contribution in [0.25, 0.3) is 17.2 Å². The highest BCUT2D eigenvalue weighted by Crippen LogP contribution is 2.28. The second-order valence-corrected chi connectivity index (χ2v) is 9.76. The fraction of sp³-hybridized carbons (Fsp3) is 0.300. The number of piperazine rings is 1. The van der Waals surface area contributed by atoms with Gasteiger partial charge in [-0.1, -0.05) is 12.1 Å². The number of anilines is 2. The average molecular weight is 556 g/mol. The zero-order valence-corrected chi connectivity index (χ0v) is 23.4. The molecule has 1 saturated heterocycles. The van der Waals surface area contributed by atoms with Crippen LogP contribution in [0.3, 0.4) is 0 Å². The van der Waals surface area contributed by atoms with Crippen molar-refractivity contribution in [3.63, 3.8) is 0 Å². The number of hydrogen-bond acceptors (Lipinski definition) is 10. The van der Waals surface area contributed by atoms with Crippen molar-refractivity contribution >= 4 is 17.3 Å². The first-order chi connectivity index (χ1) is 20.1. The predicted octanol–water partition coefficient (Wildman–Crippen LogP) is 4.34. The van der Waals surface area contributed by atoms with Gasteiger partial charge in [0.1, 0.15) is 5.75 Å². The molecule has 1 fully saturated rings. The van der Waals surface area contributed by atoms with Crippen LogP contribution in [0, 0.1) is 0 Å². The number of aromatic nitrogens is 4. The molecule has 1 N–H and O–H groups in total. The number of methoxy groups -OCH3 is 3. The third kappa shape index (κ3) is 5.62. The highest BCUT2D eigenvalue weighted by atomic mass is 16.5. The van der Waals surface area contributed by atoms with Gasteiger partial charge in [-0.3, -0.25) is 4.90 Å². The normalized spacial score (nSPS) is 13.9. The van der Waals surface area contributed by atoms with E-state index < -0.39 is 0 Å². The van der Waals surface area contributed by atoms with E-state index in [1.54, 1.807) is 32.1 Å². The summed E-state index contributed by atoms with van der Waals surface area (Å²) in [4.78, 5) is 14.4. The molecule has 5 aromatic rings. The minimum atomic E-state index is 0.515. The molecule has 212 valence electrons. The number of furan rings is 1. The first-order valence-electron chi connectivity index (χ1n) is 13.5. The molecule has 1 aliphatic rings. The Morgan fingerprint density at radius 1 is 0.902 bits per heavy atom. The van der Waals surface area contributed by atoms with E-state index in [2.05, 4.69) is 27.2 Å². The van der Waals surface area contributed by atoms with E-state index in [0.29, 0.717) is 42.1 Å². The van der Waals surface area contributed by atoms with Crippen molar-refractivity contribution < 1.29 is 18.6 Å². The van der Waals surface area contributed by atoms with Gasteiger partial charge in [-0.05, 0) is 42.0 Å². The van der Waals surface area contributed by atoms with Gasteiger partial charge in [0.15, 0.2) is 22.9 Å². The maximum Gasteiger partial charge on any atom is 0.226 e. The molecule has 3 aromatic heterocycles. The van der Waals surface area contributed by atoms with Crippen LogP contribution in [0.15, 0.2) is 71.5 Å². The van der Waals surface area contributed by atoms with Crippen molar-refractivity contribution in [3.8, 4) is 28.8 Å². The number of rotatable bonds is 10. The lowest BCUT2D eigenvalue weighted by atomic mass is 10.2. The Hall–Kier alpha value is -4.77. The van der Waals surface area contributed by atoms with Gasteiger partial charge in [-0.2, -0.15) is 4.52 Å². The zero-order chi connectivity index (χ0) is 28.2. The quantitative estimate of drug-likeness (QED) is 0.268. The Balaban J connectivity index is 1.21. The highest BCUT2D eigenvalue weighted by Gasteiger charge is 2.21. The topological polar surface area (TPSA) is 102 Å². The molecule has 6 rings (SSSR count). The van der Waals surface area contributed by atoms with E-state index in [9.17, 15) is 0 Å². The Morgan fingerprint density at radius 3 is 2.51 bits per heavy atom. The van der Waals surface area contributed by atoms with Gasteiger partial charge in [0.05, 0.1) is 27.6 Å². The van der Waals surface area contributed by atoms with Crippen LogP contribution >= 0.6 is 0 Å². The number of ether oxygens (including phenoxy) is 3. The lowest BCUT2D eigenvalue weighted by Gasteiger charge is -2.36. The van der Waals surface area contributed by atoms with Crippen molar-refractivity contribution in [1.29, 1.82) is 0 Å². The van der Waals surface area contributed by atoms with Crippen molar-refractivity contribution in [2.75, 3.05) is 57.7 Å². The summed E-state index contributed by atoms with van der Waals surface area (Å²) < 4.78 is 23.6. The molecular weight excluding hydrogens is 522 g/mol. The van der Waals surface area contributed by atoms with E-state index in [0.717, 1.165) is 48.7 Å². The zero-order valence-electron chi connectivity index (χ0n) is 23.4. The van der Waals surface area contributed by atoms with Crippen LogP contribution in [-0.4, -0.2) is 72.0 Å². The van der Waals surface area contributed by atoms with Crippen LogP contribution in [0.4, 0.5) is 11.6 Å². The molecule has 0 bridgehead atoms. The lowest BCUT2D eigenvalue weighted by Crippen LogP contribution is -2.46. The molecule has 0 spiro atoms. The third-order valence-electron chi connectivity index (χ3n) is 7.26. The van der Waals surface area contributed by atoms with Crippen LogP contribution in [-0.2, 0) is 13.1 Å². The van der Waals surface area contributed by atoms with Crippen LogP contribution < -0.4 is 24.4 Å².